The molecule has 0 radical (unpaired) electrons. The number of aromatic nitrogens is 2. The number of aliphatic imine (C=N–C) groups is 1. The second-order valence-corrected chi connectivity index (χ2v) is 4.66. The third-order valence-electron chi connectivity index (χ3n) is 2.99. The maximum Gasteiger partial charge on any atom is 0.191 e. The summed E-state index contributed by atoms with van der Waals surface area (Å²) in [4.78, 5) is 8.62. The molecule has 0 spiro atoms. The quantitative estimate of drug-likeness (QED) is 0.776. The third kappa shape index (κ3) is 2.58. The molecule has 1 aromatic rings. The van der Waals surface area contributed by atoms with Crippen molar-refractivity contribution in [3.8, 4) is 0 Å². The Morgan fingerprint density at radius 1 is 1.53 bits per heavy atom. The monoisotopic (exact) mass is 236 g/mol. The summed E-state index contributed by atoms with van der Waals surface area (Å²) in [6.45, 7) is 2.58. The van der Waals surface area contributed by atoms with Crippen LogP contribution in [0.4, 0.5) is 0 Å². The first-order valence-electron chi connectivity index (χ1n) is 5.78. The van der Waals surface area contributed by atoms with Crippen LogP contribution in [0.25, 0.3) is 0 Å². The summed E-state index contributed by atoms with van der Waals surface area (Å²) in [5.41, 5.74) is 7.11. The van der Waals surface area contributed by atoms with Crippen LogP contribution in [0.1, 0.15) is 11.6 Å². The Kier molecular flexibility index (Phi) is 3.33. The zero-order valence-electron chi connectivity index (χ0n) is 10.7. The van der Waals surface area contributed by atoms with E-state index in [0.29, 0.717) is 5.96 Å². The number of nitrogens with zero attached hydrogens (tertiary/aromatic N) is 5. The first-order valence-corrected chi connectivity index (χ1v) is 5.78. The molecule has 17 heavy (non-hydrogen) atoms. The van der Waals surface area contributed by atoms with E-state index in [9.17, 15) is 0 Å². The van der Waals surface area contributed by atoms with Crippen molar-refractivity contribution in [3.05, 3.63) is 18.0 Å². The molecule has 0 fully saturated rings. The van der Waals surface area contributed by atoms with Gasteiger partial charge in [-0.3, -0.25) is 9.67 Å². The van der Waals surface area contributed by atoms with Crippen LogP contribution < -0.4 is 5.73 Å². The fourth-order valence-corrected chi connectivity index (χ4v) is 2.00. The van der Waals surface area contributed by atoms with Crippen molar-refractivity contribution in [2.45, 2.75) is 6.04 Å². The van der Waals surface area contributed by atoms with Crippen LogP contribution in [-0.2, 0) is 7.05 Å². The van der Waals surface area contributed by atoms with Gasteiger partial charge in [0.1, 0.15) is 0 Å². The highest BCUT2D eigenvalue weighted by atomic mass is 15.3. The lowest BCUT2D eigenvalue weighted by Gasteiger charge is -2.26. The molecule has 6 heteroatoms. The Labute approximate surface area is 102 Å². The number of likely N-dealkylation sites (N-methyl/N-ethyl adjacent to an activating group) is 1. The van der Waals surface area contributed by atoms with Crippen LogP contribution in [0, 0.1) is 0 Å². The molecule has 6 nitrogen and oxygen atoms in total. The van der Waals surface area contributed by atoms with Crippen LogP contribution in [0.5, 0.6) is 0 Å². The number of aryl methyl sites for hydroxylation is 1. The van der Waals surface area contributed by atoms with Gasteiger partial charge < -0.3 is 15.5 Å². The van der Waals surface area contributed by atoms with Crippen LogP contribution in [0.15, 0.2) is 17.4 Å². The summed E-state index contributed by atoms with van der Waals surface area (Å²) in [6, 6.07) is 0.239. The lowest BCUT2D eigenvalue weighted by Crippen LogP contribution is -2.40. The Morgan fingerprint density at radius 3 is 2.88 bits per heavy atom. The average molecular weight is 236 g/mol. The first-order chi connectivity index (χ1) is 8.08. The van der Waals surface area contributed by atoms with Crippen molar-refractivity contribution >= 4 is 5.96 Å². The van der Waals surface area contributed by atoms with Gasteiger partial charge in [-0.05, 0) is 14.1 Å². The van der Waals surface area contributed by atoms with Gasteiger partial charge in [0.15, 0.2) is 5.96 Å². The van der Waals surface area contributed by atoms with Crippen LogP contribution in [0.3, 0.4) is 0 Å². The highest BCUT2D eigenvalue weighted by Crippen LogP contribution is 2.24. The Hall–Kier alpha value is -1.56. The fraction of sp³-hybridized carbons (Fsp3) is 0.636. The summed E-state index contributed by atoms with van der Waals surface area (Å²) >= 11 is 0. The van der Waals surface area contributed by atoms with Gasteiger partial charge in [0.05, 0.1) is 18.8 Å². The highest BCUT2D eigenvalue weighted by Gasteiger charge is 2.27. The molecule has 1 aliphatic rings. The van der Waals surface area contributed by atoms with Crippen LogP contribution >= 0.6 is 0 Å². The number of nitrogens with two attached hydrogens (primary N) is 1. The van der Waals surface area contributed by atoms with Gasteiger partial charge in [0.25, 0.3) is 0 Å². The molecule has 1 aliphatic heterocycles. The van der Waals surface area contributed by atoms with Gasteiger partial charge in [-0.2, -0.15) is 5.10 Å². The maximum absolute atomic E-state index is 5.93. The summed E-state index contributed by atoms with van der Waals surface area (Å²) in [7, 11) is 6.04. The molecule has 0 aromatic carbocycles. The van der Waals surface area contributed by atoms with Crippen molar-refractivity contribution in [2.24, 2.45) is 17.8 Å². The van der Waals surface area contributed by atoms with E-state index in [2.05, 4.69) is 34.0 Å². The number of guanidine groups is 1. The molecule has 0 bridgehead atoms. The van der Waals surface area contributed by atoms with E-state index in [-0.39, 0.29) is 6.04 Å². The second-order valence-electron chi connectivity index (χ2n) is 4.66. The molecule has 1 aromatic heterocycles. The fourth-order valence-electron chi connectivity index (χ4n) is 2.00. The largest absolute Gasteiger partial charge is 0.370 e. The van der Waals surface area contributed by atoms with Crippen molar-refractivity contribution in [2.75, 3.05) is 33.7 Å². The molecule has 2 rings (SSSR count). The van der Waals surface area contributed by atoms with Crippen molar-refractivity contribution in [1.29, 1.82) is 0 Å². The van der Waals surface area contributed by atoms with Crippen LogP contribution in [0.2, 0.25) is 0 Å². The standard InChI is InChI=1S/C11H20N6/c1-15(2)4-5-17-10(7-13-11(17)12)9-6-14-16(3)8-9/h6,8,10H,4-5,7H2,1-3H3,(H2,12,13). The molecule has 0 saturated carbocycles. The van der Waals surface area contributed by atoms with E-state index in [0.717, 1.165) is 19.6 Å². The maximum atomic E-state index is 5.93. The van der Waals surface area contributed by atoms with Crippen LogP contribution in [-0.4, -0.2) is 59.3 Å². The zero-order valence-corrected chi connectivity index (χ0v) is 10.7. The van der Waals surface area contributed by atoms with Gasteiger partial charge >= 0.3 is 0 Å². The molecule has 0 saturated heterocycles. The Balaban J connectivity index is 2.07. The molecule has 94 valence electrons. The SMILES string of the molecule is CN(C)CCN1C(N)=NCC1c1cnn(C)c1. The minimum absolute atomic E-state index is 0.239. The minimum Gasteiger partial charge on any atom is -0.370 e. The molecule has 2 heterocycles. The highest BCUT2D eigenvalue weighted by molar-refractivity contribution is 5.80. The predicted molar refractivity (Wildman–Crippen MR) is 67.7 cm³/mol. The van der Waals surface area contributed by atoms with Gasteiger partial charge in [0, 0.05) is 31.9 Å². The van der Waals surface area contributed by atoms with Gasteiger partial charge in [-0.15, -0.1) is 0 Å². The molecule has 0 amide bonds. The minimum atomic E-state index is 0.239. The Morgan fingerprint density at radius 2 is 2.29 bits per heavy atom. The number of rotatable bonds is 4. The van der Waals surface area contributed by atoms with E-state index in [1.165, 1.54) is 5.56 Å². The predicted octanol–water partition coefficient (Wildman–Crippen LogP) is -0.347. The van der Waals surface area contributed by atoms with E-state index < -0.39 is 0 Å². The van der Waals surface area contributed by atoms with Gasteiger partial charge in [-0.25, -0.2) is 0 Å². The molecule has 1 unspecified atom stereocenters. The summed E-state index contributed by atoms with van der Waals surface area (Å²) in [5, 5.41) is 4.20. The lowest BCUT2D eigenvalue weighted by atomic mass is 10.1. The molecule has 2 N–H and O–H groups in total. The normalized spacial score (nSPS) is 20.1. The second kappa shape index (κ2) is 4.75. The van der Waals surface area contributed by atoms with Crippen molar-refractivity contribution in [3.63, 3.8) is 0 Å². The van der Waals surface area contributed by atoms with Gasteiger partial charge in [0.2, 0.25) is 0 Å². The Bertz CT molecular complexity index is 408. The average Bonchev–Trinajstić information content (AvgIpc) is 2.82. The topological polar surface area (TPSA) is 62.7 Å². The van der Waals surface area contributed by atoms with E-state index in [4.69, 9.17) is 5.73 Å². The molecular weight excluding hydrogens is 216 g/mol. The third-order valence-corrected chi connectivity index (χ3v) is 2.99. The van der Waals surface area contributed by atoms with E-state index in [1.807, 2.05) is 24.1 Å². The summed E-state index contributed by atoms with van der Waals surface area (Å²) < 4.78 is 1.81. The van der Waals surface area contributed by atoms with Gasteiger partial charge in [-0.1, -0.05) is 0 Å². The summed E-state index contributed by atoms with van der Waals surface area (Å²) in [6.07, 6.45) is 3.92. The first kappa shape index (κ1) is 11.9. The van der Waals surface area contributed by atoms with Crippen molar-refractivity contribution < 1.29 is 0 Å². The van der Waals surface area contributed by atoms with Crippen molar-refractivity contribution in [1.82, 2.24) is 19.6 Å². The molecular formula is C11H20N6. The summed E-state index contributed by atoms with van der Waals surface area (Å²) in [5.74, 6) is 0.640. The smallest absolute Gasteiger partial charge is 0.191 e. The zero-order chi connectivity index (χ0) is 12.4. The van der Waals surface area contributed by atoms with E-state index >= 15 is 0 Å². The molecule has 0 aliphatic carbocycles. The van der Waals surface area contributed by atoms with E-state index in [1.54, 1.807) is 0 Å². The number of hydrogen-bond acceptors (Lipinski definition) is 5. The molecule has 1 atom stereocenters. The lowest BCUT2D eigenvalue weighted by molar-refractivity contribution is 0.293. The number of hydrogen-bond donors (Lipinski definition) is 1.